The maximum atomic E-state index is 11.1. The molecule has 6 nitrogen and oxygen atoms in total. The van der Waals surface area contributed by atoms with Crippen LogP contribution in [0.15, 0.2) is 24.3 Å². The highest BCUT2D eigenvalue weighted by Gasteiger charge is 2.27. The third kappa shape index (κ3) is 4.19. The predicted molar refractivity (Wildman–Crippen MR) is 69.5 cm³/mol. The number of alkyl halides is 1. The lowest BCUT2D eigenvalue weighted by Crippen LogP contribution is -2.32. The van der Waals surface area contributed by atoms with E-state index in [0.717, 1.165) is 0 Å². The van der Waals surface area contributed by atoms with Crippen molar-refractivity contribution >= 4 is 29.5 Å². The molecule has 2 unspecified atom stereocenters. The molecule has 0 aliphatic heterocycles. The smallest absolute Gasteiger partial charge is 0.343 e. The molecule has 1 aromatic carbocycles. The Kier molecular flexibility index (Phi) is 5.07. The van der Waals surface area contributed by atoms with Gasteiger partial charge in [0.25, 0.3) is 0 Å². The number of carbonyl (C=O) groups is 1. The van der Waals surface area contributed by atoms with E-state index in [0.29, 0.717) is 11.1 Å². The van der Waals surface area contributed by atoms with E-state index in [1.54, 1.807) is 18.2 Å². The van der Waals surface area contributed by atoms with E-state index in [1.165, 1.54) is 6.07 Å². The molecule has 0 aromatic heterocycles. The second-order valence-electron chi connectivity index (χ2n) is 3.82. The fraction of sp³-hybridized carbons (Fsp3) is 0.300. The summed E-state index contributed by atoms with van der Waals surface area (Å²) >= 11 is 2.93. The van der Waals surface area contributed by atoms with E-state index < -0.39 is 24.2 Å². The van der Waals surface area contributed by atoms with E-state index in [9.17, 15) is 9.36 Å². The first-order valence-electron chi connectivity index (χ1n) is 4.98. The molecule has 0 aliphatic carbocycles. The molecule has 18 heavy (non-hydrogen) atoms. The van der Waals surface area contributed by atoms with Gasteiger partial charge in [-0.05, 0) is 17.5 Å². The van der Waals surface area contributed by atoms with Crippen molar-refractivity contribution in [1.82, 2.24) is 0 Å². The fourth-order valence-corrected chi connectivity index (χ4v) is 2.24. The minimum atomic E-state index is -4.28. The summed E-state index contributed by atoms with van der Waals surface area (Å²) in [6.07, 6.45) is 0.101. The summed E-state index contributed by atoms with van der Waals surface area (Å²) in [7, 11) is -4.28. The van der Waals surface area contributed by atoms with Gasteiger partial charge < -0.3 is 20.6 Å². The van der Waals surface area contributed by atoms with Crippen LogP contribution in [0.1, 0.15) is 15.7 Å². The second kappa shape index (κ2) is 5.95. The molecule has 0 bridgehead atoms. The average molecular weight is 338 g/mol. The van der Waals surface area contributed by atoms with Crippen LogP contribution in [-0.4, -0.2) is 26.9 Å². The Morgan fingerprint density at radius 1 is 1.44 bits per heavy atom. The van der Waals surface area contributed by atoms with E-state index in [1.807, 2.05) is 0 Å². The number of carboxylic acids is 1. The molecule has 1 rings (SSSR count). The average Bonchev–Trinajstić information content (AvgIpc) is 2.27. The van der Waals surface area contributed by atoms with Crippen molar-refractivity contribution in [3.8, 4) is 0 Å². The van der Waals surface area contributed by atoms with Gasteiger partial charge in [-0.25, -0.2) is 0 Å². The molecule has 0 aliphatic rings. The summed E-state index contributed by atoms with van der Waals surface area (Å²) < 4.78 is 10.00. The molecule has 0 heterocycles. The van der Waals surface area contributed by atoms with Crippen LogP contribution in [0.2, 0.25) is 0 Å². The highest BCUT2D eigenvalue weighted by atomic mass is 79.9. The number of carboxylic acid groups (broad SMARTS) is 1. The molecule has 100 valence electrons. The van der Waals surface area contributed by atoms with Gasteiger partial charge in [-0.2, -0.15) is 0 Å². The zero-order valence-corrected chi connectivity index (χ0v) is 11.7. The zero-order chi connectivity index (χ0) is 13.9. The van der Waals surface area contributed by atoms with Gasteiger partial charge in [-0.3, -0.25) is 9.36 Å². The van der Waals surface area contributed by atoms with E-state index >= 15 is 0 Å². The van der Waals surface area contributed by atoms with Crippen molar-refractivity contribution in [1.29, 1.82) is 0 Å². The lowest BCUT2D eigenvalue weighted by atomic mass is 10.0. The molecule has 0 spiro atoms. The second-order valence-corrected chi connectivity index (χ2v) is 7.14. The number of aliphatic carboxylic acids is 1. The van der Waals surface area contributed by atoms with Gasteiger partial charge in [0.15, 0.2) is 0 Å². The van der Waals surface area contributed by atoms with E-state index in [2.05, 4.69) is 15.9 Å². The van der Waals surface area contributed by atoms with Gasteiger partial charge in [0.05, 0.1) is 0 Å². The number of benzene rings is 1. The number of hydrogen-bond acceptors (Lipinski definition) is 3. The Morgan fingerprint density at radius 3 is 2.56 bits per heavy atom. The molecular weight excluding hydrogens is 325 g/mol. The summed E-state index contributed by atoms with van der Waals surface area (Å²) in [5, 5.41) is 8.69. The molecule has 0 saturated heterocycles. The van der Waals surface area contributed by atoms with Crippen LogP contribution in [0.5, 0.6) is 0 Å². The molecule has 0 amide bonds. The highest BCUT2D eigenvalue weighted by Crippen LogP contribution is 2.55. The molecule has 5 N–H and O–H groups in total. The van der Waals surface area contributed by atoms with Crippen LogP contribution in [0.4, 0.5) is 0 Å². The van der Waals surface area contributed by atoms with Crippen molar-refractivity contribution in [2.24, 2.45) is 5.73 Å². The summed E-state index contributed by atoms with van der Waals surface area (Å²) in [5.74, 6) is -1.12. The van der Waals surface area contributed by atoms with E-state index in [4.69, 9.17) is 20.6 Å². The Labute approximate surface area is 112 Å². The normalized spacial score (nSPS) is 15.1. The van der Waals surface area contributed by atoms with Crippen LogP contribution in [0.25, 0.3) is 0 Å². The summed E-state index contributed by atoms with van der Waals surface area (Å²) in [4.78, 5) is 28.7. The van der Waals surface area contributed by atoms with E-state index in [-0.39, 0.29) is 6.42 Å². The number of hydrogen-bond donors (Lipinski definition) is 4. The lowest BCUT2D eigenvalue weighted by Gasteiger charge is -2.14. The maximum Gasteiger partial charge on any atom is 0.343 e. The van der Waals surface area contributed by atoms with Crippen molar-refractivity contribution in [2.75, 3.05) is 0 Å². The lowest BCUT2D eigenvalue weighted by molar-refractivity contribution is -0.138. The molecule has 0 fully saturated rings. The van der Waals surface area contributed by atoms with Crippen LogP contribution in [-0.2, 0) is 15.8 Å². The van der Waals surface area contributed by atoms with Crippen LogP contribution in [0, 0.1) is 0 Å². The van der Waals surface area contributed by atoms with Crippen LogP contribution < -0.4 is 5.73 Å². The molecule has 1 aromatic rings. The highest BCUT2D eigenvalue weighted by molar-refractivity contribution is 9.10. The Balaban J connectivity index is 2.93. The fourth-order valence-electron chi connectivity index (χ4n) is 1.40. The van der Waals surface area contributed by atoms with Crippen LogP contribution >= 0.6 is 23.5 Å². The minimum Gasteiger partial charge on any atom is -0.480 e. The third-order valence-corrected chi connectivity index (χ3v) is 5.31. The quantitative estimate of drug-likeness (QED) is 0.473. The standard InChI is InChI=1S/C10H13BrNO5P/c11-9(18(15,16)17)7-3-1-2-6(4-7)5-8(12)10(13)14/h1-4,8-9H,5,12H2,(H,13,14)(H2,15,16,17). The Morgan fingerprint density at radius 2 is 2.06 bits per heavy atom. The zero-order valence-electron chi connectivity index (χ0n) is 9.23. The largest absolute Gasteiger partial charge is 0.480 e. The van der Waals surface area contributed by atoms with Gasteiger partial charge in [0, 0.05) is 0 Å². The summed E-state index contributed by atoms with van der Waals surface area (Å²) in [5.41, 5.74) is 6.39. The first-order chi connectivity index (χ1) is 8.21. The number of nitrogens with two attached hydrogens (primary N) is 1. The SMILES string of the molecule is NC(Cc1cccc(C(Br)P(=O)(O)O)c1)C(=O)O. The molecule has 0 radical (unpaired) electrons. The number of halogens is 1. The van der Waals surface area contributed by atoms with Gasteiger partial charge in [0.1, 0.15) is 10.6 Å². The number of rotatable bonds is 5. The Hall–Kier alpha value is -0.720. The minimum absolute atomic E-state index is 0.101. The van der Waals surface area contributed by atoms with Gasteiger partial charge >= 0.3 is 13.6 Å². The molecule has 0 saturated carbocycles. The molecular formula is C10H13BrNO5P. The Bertz CT molecular complexity index is 489. The molecule has 2 atom stereocenters. The third-order valence-electron chi connectivity index (χ3n) is 2.29. The molecule has 8 heteroatoms. The van der Waals surface area contributed by atoms with Gasteiger partial charge in [-0.15, -0.1) is 0 Å². The van der Waals surface area contributed by atoms with Crippen LogP contribution in [0.3, 0.4) is 0 Å². The first kappa shape index (κ1) is 15.3. The topological polar surface area (TPSA) is 121 Å². The first-order valence-corrected chi connectivity index (χ1v) is 7.58. The van der Waals surface area contributed by atoms with Gasteiger partial charge in [-0.1, -0.05) is 40.2 Å². The van der Waals surface area contributed by atoms with Crippen molar-refractivity contribution in [3.05, 3.63) is 35.4 Å². The van der Waals surface area contributed by atoms with Gasteiger partial charge in [0.2, 0.25) is 0 Å². The maximum absolute atomic E-state index is 11.1. The monoisotopic (exact) mass is 337 g/mol. The summed E-state index contributed by atoms with van der Waals surface area (Å²) in [6.45, 7) is 0. The summed E-state index contributed by atoms with van der Waals surface area (Å²) in [6, 6.07) is 5.30. The van der Waals surface area contributed by atoms with Crippen molar-refractivity contribution in [2.45, 2.75) is 17.0 Å². The van der Waals surface area contributed by atoms with Crippen molar-refractivity contribution in [3.63, 3.8) is 0 Å². The predicted octanol–water partition coefficient (Wildman–Crippen LogP) is 1.21. The van der Waals surface area contributed by atoms with Crippen molar-refractivity contribution < 1.29 is 24.3 Å².